The molecule has 0 radical (unpaired) electrons. The zero-order valence-corrected chi connectivity index (χ0v) is 11.3. The monoisotopic (exact) mass is 269 g/mol. The number of carboxylic acid groups (broad SMARTS) is 1. The number of carbonyl (C=O) groups excluding carboxylic acids is 1. The average molecular weight is 269 g/mol. The van der Waals surface area contributed by atoms with Gasteiger partial charge in [-0.05, 0) is 25.7 Å². The van der Waals surface area contributed by atoms with Gasteiger partial charge in [0.2, 0.25) is 5.91 Å². The number of hydrogen-bond acceptors (Lipinski definition) is 3. The standard InChI is InChI=1S/C14H23NO4/c16-13(17)10-19-12-6-8-15(9-7-12)14(18)11-4-2-1-3-5-11/h11-12H,1-10H2,(H,16,17). The first-order valence-electron chi connectivity index (χ1n) is 7.29. The van der Waals surface area contributed by atoms with Crippen molar-refractivity contribution in [2.45, 2.75) is 51.0 Å². The molecule has 1 heterocycles. The van der Waals surface area contributed by atoms with Crippen LogP contribution in [0.5, 0.6) is 0 Å². The van der Waals surface area contributed by atoms with Gasteiger partial charge >= 0.3 is 5.97 Å². The van der Waals surface area contributed by atoms with Crippen molar-refractivity contribution in [1.82, 2.24) is 4.90 Å². The number of aliphatic carboxylic acids is 1. The van der Waals surface area contributed by atoms with Crippen molar-refractivity contribution in [2.24, 2.45) is 5.92 Å². The Kier molecular flexibility index (Phi) is 5.19. The largest absolute Gasteiger partial charge is 0.480 e. The normalized spacial score (nSPS) is 22.4. The number of hydrogen-bond donors (Lipinski definition) is 1. The van der Waals surface area contributed by atoms with E-state index in [9.17, 15) is 9.59 Å². The molecule has 108 valence electrons. The number of carbonyl (C=O) groups is 2. The van der Waals surface area contributed by atoms with E-state index in [1.807, 2.05) is 4.90 Å². The van der Waals surface area contributed by atoms with Gasteiger partial charge in [-0.1, -0.05) is 19.3 Å². The highest BCUT2D eigenvalue weighted by Gasteiger charge is 2.29. The molecule has 19 heavy (non-hydrogen) atoms. The van der Waals surface area contributed by atoms with Crippen LogP contribution < -0.4 is 0 Å². The quantitative estimate of drug-likeness (QED) is 0.843. The molecule has 0 bridgehead atoms. The molecule has 1 aliphatic heterocycles. The highest BCUT2D eigenvalue weighted by molar-refractivity contribution is 5.79. The molecular formula is C14H23NO4. The molecule has 2 rings (SSSR count). The van der Waals surface area contributed by atoms with Crippen LogP contribution in [0.4, 0.5) is 0 Å². The topological polar surface area (TPSA) is 66.8 Å². The zero-order valence-electron chi connectivity index (χ0n) is 11.3. The molecule has 1 N–H and O–H groups in total. The molecule has 0 aromatic heterocycles. The van der Waals surface area contributed by atoms with Crippen LogP contribution in [0.3, 0.4) is 0 Å². The van der Waals surface area contributed by atoms with Gasteiger partial charge in [0.1, 0.15) is 6.61 Å². The summed E-state index contributed by atoms with van der Waals surface area (Å²) < 4.78 is 5.28. The summed E-state index contributed by atoms with van der Waals surface area (Å²) in [4.78, 5) is 24.7. The summed E-state index contributed by atoms with van der Waals surface area (Å²) in [5.74, 6) is -0.401. The van der Waals surface area contributed by atoms with Crippen LogP contribution >= 0.6 is 0 Å². The Hall–Kier alpha value is -1.10. The molecule has 1 aliphatic carbocycles. The smallest absolute Gasteiger partial charge is 0.329 e. The Bertz CT molecular complexity index is 317. The Morgan fingerprint density at radius 3 is 2.26 bits per heavy atom. The van der Waals surface area contributed by atoms with E-state index in [-0.39, 0.29) is 18.6 Å². The minimum Gasteiger partial charge on any atom is -0.480 e. The van der Waals surface area contributed by atoms with Crippen molar-refractivity contribution >= 4 is 11.9 Å². The van der Waals surface area contributed by atoms with E-state index in [2.05, 4.69) is 0 Å². The predicted molar refractivity (Wildman–Crippen MR) is 69.8 cm³/mol. The number of rotatable bonds is 4. The first-order chi connectivity index (χ1) is 9.16. The van der Waals surface area contributed by atoms with Gasteiger partial charge in [-0.15, -0.1) is 0 Å². The van der Waals surface area contributed by atoms with Gasteiger partial charge in [-0.3, -0.25) is 4.79 Å². The second kappa shape index (κ2) is 6.89. The number of amides is 1. The van der Waals surface area contributed by atoms with Crippen LogP contribution in [0.1, 0.15) is 44.9 Å². The van der Waals surface area contributed by atoms with Gasteiger partial charge in [0.25, 0.3) is 0 Å². The fourth-order valence-corrected chi connectivity index (χ4v) is 3.04. The third kappa shape index (κ3) is 4.20. The van der Waals surface area contributed by atoms with Crippen LogP contribution in [0.2, 0.25) is 0 Å². The molecule has 0 aromatic carbocycles. The molecule has 1 amide bonds. The van der Waals surface area contributed by atoms with Gasteiger partial charge < -0.3 is 14.7 Å². The lowest BCUT2D eigenvalue weighted by Gasteiger charge is -2.35. The predicted octanol–water partition coefficient (Wildman–Crippen LogP) is 1.66. The second-order valence-corrected chi connectivity index (χ2v) is 5.56. The van der Waals surface area contributed by atoms with E-state index in [1.54, 1.807) is 0 Å². The third-order valence-electron chi connectivity index (χ3n) is 4.15. The number of ether oxygens (including phenoxy) is 1. The summed E-state index contributed by atoms with van der Waals surface area (Å²) in [5, 5.41) is 8.56. The molecule has 5 nitrogen and oxygen atoms in total. The van der Waals surface area contributed by atoms with Gasteiger partial charge in [-0.2, -0.15) is 0 Å². The van der Waals surface area contributed by atoms with Gasteiger partial charge in [-0.25, -0.2) is 4.79 Å². The maximum Gasteiger partial charge on any atom is 0.329 e. The van der Waals surface area contributed by atoms with E-state index in [0.29, 0.717) is 19.0 Å². The van der Waals surface area contributed by atoms with Crippen LogP contribution in [-0.4, -0.2) is 47.7 Å². The first-order valence-corrected chi connectivity index (χ1v) is 7.29. The molecule has 2 fully saturated rings. The highest BCUT2D eigenvalue weighted by Crippen LogP contribution is 2.26. The summed E-state index contributed by atoms with van der Waals surface area (Å²) in [5.41, 5.74) is 0. The highest BCUT2D eigenvalue weighted by atomic mass is 16.5. The number of carboxylic acids is 1. The lowest BCUT2D eigenvalue weighted by molar-refractivity contribution is -0.147. The Morgan fingerprint density at radius 2 is 1.68 bits per heavy atom. The first kappa shape index (κ1) is 14.3. The van der Waals surface area contributed by atoms with Crippen molar-refractivity contribution in [1.29, 1.82) is 0 Å². The van der Waals surface area contributed by atoms with Crippen LogP contribution in [-0.2, 0) is 14.3 Å². The van der Waals surface area contributed by atoms with E-state index >= 15 is 0 Å². The minimum absolute atomic E-state index is 0.00786. The third-order valence-corrected chi connectivity index (χ3v) is 4.15. The maximum atomic E-state index is 12.3. The molecule has 0 spiro atoms. The van der Waals surface area contributed by atoms with Crippen molar-refractivity contribution in [2.75, 3.05) is 19.7 Å². The Morgan fingerprint density at radius 1 is 1.05 bits per heavy atom. The average Bonchev–Trinajstić information content (AvgIpc) is 2.46. The summed E-state index contributed by atoms with van der Waals surface area (Å²) in [7, 11) is 0. The number of likely N-dealkylation sites (tertiary alicyclic amines) is 1. The second-order valence-electron chi connectivity index (χ2n) is 5.56. The summed E-state index contributed by atoms with van der Waals surface area (Å²) in [6.07, 6.45) is 7.18. The molecular weight excluding hydrogens is 246 g/mol. The Balaban J connectivity index is 1.72. The van der Waals surface area contributed by atoms with E-state index < -0.39 is 5.97 Å². The fraction of sp³-hybridized carbons (Fsp3) is 0.857. The van der Waals surface area contributed by atoms with Crippen LogP contribution in [0.15, 0.2) is 0 Å². The SMILES string of the molecule is O=C(O)COC1CCN(C(=O)C2CCCCC2)CC1. The Labute approximate surface area is 113 Å². The van der Waals surface area contributed by atoms with Crippen molar-refractivity contribution in [3.8, 4) is 0 Å². The summed E-state index contributed by atoms with van der Waals surface area (Å²) >= 11 is 0. The maximum absolute atomic E-state index is 12.3. The van der Waals surface area contributed by atoms with E-state index in [1.165, 1.54) is 19.3 Å². The minimum atomic E-state index is -0.930. The molecule has 0 aromatic rings. The van der Waals surface area contributed by atoms with Crippen LogP contribution in [0.25, 0.3) is 0 Å². The number of piperidine rings is 1. The lowest BCUT2D eigenvalue weighted by Crippen LogP contribution is -2.44. The molecule has 0 atom stereocenters. The molecule has 1 saturated heterocycles. The van der Waals surface area contributed by atoms with E-state index in [4.69, 9.17) is 9.84 Å². The molecule has 2 aliphatic rings. The lowest BCUT2D eigenvalue weighted by atomic mass is 9.88. The molecule has 5 heteroatoms. The van der Waals surface area contributed by atoms with Crippen molar-refractivity contribution in [3.63, 3.8) is 0 Å². The summed E-state index contributed by atoms with van der Waals surface area (Å²) in [6.45, 7) is 1.18. The fourth-order valence-electron chi connectivity index (χ4n) is 3.04. The van der Waals surface area contributed by atoms with Gasteiger partial charge in [0, 0.05) is 19.0 Å². The van der Waals surface area contributed by atoms with Gasteiger partial charge in [0.15, 0.2) is 0 Å². The van der Waals surface area contributed by atoms with Gasteiger partial charge in [0.05, 0.1) is 6.10 Å². The van der Waals surface area contributed by atoms with Crippen molar-refractivity contribution in [3.05, 3.63) is 0 Å². The van der Waals surface area contributed by atoms with Crippen molar-refractivity contribution < 1.29 is 19.4 Å². The molecule has 1 saturated carbocycles. The number of nitrogens with zero attached hydrogens (tertiary/aromatic N) is 1. The van der Waals surface area contributed by atoms with Crippen LogP contribution in [0, 0.1) is 5.92 Å². The zero-order chi connectivity index (χ0) is 13.7. The molecule has 0 unspecified atom stereocenters. The summed E-state index contributed by atoms with van der Waals surface area (Å²) in [6, 6.07) is 0. The van der Waals surface area contributed by atoms with E-state index in [0.717, 1.165) is 25.7 Å².